The van der Waals surface area contributed by atoms with Gasteiger partial charge in [0.05, 0.1) is 17.2 Å². The van der Waals surface area contributed by atoms with Gasteiger partial charge in [-0.1, -0.05) is 18.6 Å². The number of rotatable bonds is 10. The van der Waals surface area contributed by atoms with Crippen molar-refractivity contribution in [3.05, 3.63) is 58.5 Å². The normalized spacial score (nSPS) is 15.6. The molecule has 1 aliphatic heterocycles. The van der Waals surface area contributed by atoms with Gasteiger partial charge < -0.3 is 15.1 Å². The lowest BCUT2D eigenvalue weighted by Crippen LogP contribution is -2.40. The Morgan fingerprint density at radius 1 is 1.17 bits per heavy atom. The average molecular weight is 400 g/mol. The van der Waals surface area contributed by atoms with Crippen molar-refractivity contribution in [3.8, 4) is 0 Å². The monoisotopic (exact) mass is 400 g/mol. The van der Waals surface area contributed by atoms with E-state index in [1.807, 2.05) is 12.1 Å². The number of benzene rings is 1. The molecule has 2 heterocycles. The summed E-state index contributed by atoms with van der Waals surface area (Å²) >= 11 is 0. The quantitative estimate of drug-likeness (QED) is 0.358. The second-order valence-electron chi connectivity index (χ2n) is 7.24. The van der Waals surface area contributed by atoms with E-state index in [1.165, 1.54) is 25.3 Å². The fourth-order valence-corrected chi connectivity index (χ4v) is 3.67. The highest BCUT2D eigenvalue weighted by atomic mass is 16.6. The van der Waals surface area contributed by atoms with E-state index in [1.54, 1.807) is 24.5 Å². The molecule has 1 saturated heterocycles. The van der Waals surface area contributed by atoms with Crippen molar-refractivity contribution < 1.29 is 14.1 Å². The SMILES string of the molecule is O=C(CCCNc1ccccc1[N+](=O)[O-])NC[C@H](c1ccco1)N1CCCCC1. The van der Waals surface area contributed by atoms with Crippen LogP contribution in [-0.2, 0) is 4.79 Å². The molecule has 0 bridgehead atoms. The van der Waals surface area contributed by atoms with Crippen LogP contribution in [0.2, 0.25) is 0 Å². The fourth-order valence-electron chi connectivity index (χ4n) is 3.67. The topological polar surface area (TPSA) is 101 Å². The molecule has 0 aliphatic carbocycles. The smallest absolute Gasteiger partial charge is 0.292 e. The van der Waals surface area contributed by atoms with Crippen LogP contribution in [0, 0.1) is 10.1 Å². The predicted molar refractivity (Wildman–Crippen MR) is 111 cm³/mol. The van der Waals surface area contributed by atoms with Crippen LogP contribution in [0.15, 0.2) is 47.1 Å². The highest BCUT2D eigenvalue weighted by Crippen LogP contribution is 2.25. The van der Waals surface area contributed by atoms with Crippen molar-refractivity contribution in [2.45, 2.75) is 38.1 Å². The van der Waals surface area contributed by atoms with Crippen molar-refractivity contribution in [3.63, 3.8) is 0 Å². The van der Waals surface area contributed by atoms with Gasteiger partial charge in [0.1, 0.15) is 11.4 Å². The summed E-state index contributed by atoms with van der Waals surface area (Å²) < 4.78 is 5.60. The highest BCUT2D eigenvalue weighted by Gasteiger charge is 2.24. The Balaban J connectivity index is 1.43. The summed E-state index contributed by atoms with van der Waals surface area (Å²) in [6.07, 6.45) is 6.21. The Morgan fingerprint density at radius 3 is 2.69 bits per heavy atom. The number of nitrogens with one attached hydrogen (secondary N) is 2. The third-order valence-electron chi connectivity index (χ3n) is 5.19. The van der Waals surface area contributed by atoms with E-state index in [9.17, 15) is 14.9 Å². The fraction of sp³-hybridized carbons (Fsp3) is 0.476. The molecule has 1 fully saturated rings. The van der Waals surface area contributed by atoms with Gasteiger partial charge >= 0.3 is 0 Å². The number of hydrogen-bond acceptors (Lipinski definition) is 6. The van der Waals surface area contributed by atoms with Crippen LogP contribution in [0.3, 0.4) is 0 Å². The molecule has 8 heteroatoms. The number of nitrogens with zero attached hydrogens (tertiary/aromatic N) is 2. The molecule has 2 aromatic rings. The van der Waals surface area contributed by atoms with Crippen molar-refractivity contribution in [1.29, 1.82) is 0 Å². The standard InChI is InChI=1S/C21H28N4O4/c26-21(11-6-12-22-17-8-2-3-9-18(17)25(27)28)23-16-19(20-10-7-15-29-20)24-13-4-1-5-14-24/h2-3,7-10,15,19,22H,1,4-6,11-14,16H2,(H,23,26)/t19-/m1/s1. The highest BCUT2D eigenvalue weighted by molar-refractivity contribution is 5.76. The molecule has 8 nitrogen and oxygen atoms in total. The van der Waals surface area contributed by atoms with Gasteiger partial charge in [-0.25, -0.2) is 0 Å². The van der Waals surface area contributed by atoms with Crippen LogP contribution in [0.5, 0.6) is 0 Å². The van der Waals surface area contributed by atoms with Gasteiger partial charge in [-0.15, -0.1) is 0 Å². The zero-order chi connectivity index (χ0) is 20.5. The van der Waals surface area contributed by atoms with E-state index >= 15 is 0 Å². The van der Waals surface area contributed by atoms with Crippen LogP contribution < -0.4 is 10.6 Å². The summed E-state index contributed by atoms with van der Waals surface area (Å²) in [5, 5.41) is 17.1. The number of anilines is 1. The zero-order valence-corrected chi connectivity index (χ0v) is 16.5. The van der Waals surface area contributed by atoms with E-state index in [4.69, 9.17) is 4.42 Å². The largest absolute Gasteiger partial charge is 0.468 e. The third kappa shape index (κ3) is 6.05. The second-order valence-corrected chi connectivity index (χ2v) is 7.24. The van der Waals surface area contributed by atoms with Crippen LogP contribution in [0.4, 0.5) is 11.4 Å². The molecule has 1 aliphatic rings. The van der Waals surface area contributed by atoms with Crippen LogP contribution >= 0.6 is 0 Å². The first-order valence-corrected chi connectivity index (χ1v) is 10.2. The lowest BCUT2D eigenvalue weighted by atomic mass is 10.1. The summed E-state index contributed by atoms with van der Waals surface area (Å²) in [5.74, 6) is 0.855. The Labute approximate surface area is 170 Å². The average Bonchev–Trinajstić information content (AvgIpc) is 3.27. The van der Waals surface area contributed by atoms with Gasteiger partial charge in [-0.05, 0) is 50.6 Å². The van der Waals surface area contributed by atoms with E-state index < -0.39 is 4.92 Å². The molecule has 3 rings (SSSR count). The number of nitro benzene ring substituents is 1. The molecule has 0 spiro atoms. The molecule has 2 N–H and O–H groups in total. The number of hydrogen-bond donors (Lipinski definition) is 2. The Morgan fingerprint density at radius 2 is 1.97 bits per heavy atom. The Hall–Kier alpha value is -2.87. The van der Waals surface area contributed by atoms with Crippen LogP contribution in [0.25, 0.3) is 0 Å². The molecule has 1 aromatic heterocycles. The van der Waals surface area contributed by atoms with E-state index in [0.29, 0.717) is 31.6 Å². The molecular formula is C21H28N4O4. The minimum atomic E-state index is -0.412. The van der Waals surface area contributed by atoms with Gasteiger partial charge in [-0.3, -0.25) is 19.8 Å². The van der Waals surface area contributed by atoms with E-state index in [0.717, 1.165) is 18.8 Å². The zero-order valence-electron chi connectivity index (χ0n) is 16.5. The van der Waals surface area contributed by atoms with Gasteiger partial charge in [0, 0.05) is 25.6 Å². The first kappa shape index (κ1) is 20.9. The van der Waals surface area contributed by atoms with E-state index in [2.05, 4.69) is 15.5 Å². The maximum Gasteiger partial charge on any atom is 0.292 e. The number of nitro groups is 1. The van der Waals surface area contributed by atoms with Gasteiger partial charge in [0.25, 0.3) is 5.69 Å². The molecule has 0 radical (unpaired) electrons. The van der Waals surface area contributed by atoms with Crippen LogP contribution in [0.1, 0.15) is 43.9 Å². The molecular weight excluding hydrogens is 372 g/mol. The number of amides is 1. The van der Waals surface area contributed by atoms with Gasteiger partial charge in [0.2, 0.25) is 5.91 Å². The number of carbonyl (C=O) groups is 1. The van der Waals surface area contributed by atoms with Crippen molar-refractivity contribution in [2.24, 2.45) is 0 Å². The molecule has 0 saturated carbocycles. The number of furan rings is 1. The second kappa shape index (κ2) is 10.6. The summed E-state index contributed by atoms with van der Waals surface area (Å²) in [6.45, 7) is 3.04. The third-order valence-corrected chi connectivity index (χ3v) is 5.19. The van der Waals surface area contributed by atoms with E-state index in [-0.39, 0.29) is 17.6 Å². The first-order valence-electron chi connectivity index (χ1n) is 10.2. The number of carbonyl (C=O) groups excluding carboxylic acids is 1. The maximum atomic E-state index is 12.3. The minimum Gasteiger partial charge on any atom is -0.468 e. The summed E-state index contributed by atoms with van der Waals surface area (Å²) in [5.41, 5.74) is 0.515. The molecule has 1 atom stereocenters. The van der Waals surface area contributed by atoms with Crippen molar-refractivity contribution in [2.75, 3.05) is 31.5 Å². The molecule has 29 heavy (non-hydrogen) atoms. The molecule has 1 amide bonds. The lowest BCUT2D eigenvalue weighted by Gasteiger charge is -2.33. The summed E-state index contributed by atoms with van der Waals surface area (Å²) in [6, 6.07) is 10.4. The summed E-state index contributed by atoms with van der Waals surface area (Å²) in [4.78, 5) is 25.3. The van der Waals surface area contributed by atoms with Crippen molar-refractivity contribution >= 4 is 17.3 Å². The molecule has 1 aromatic carbocycles. The minimum absolute atomic E-state index is 0.0251. The Bertz CT molecular complexity index is 788. The number of piperidine rings is 1. The maximum absolute atomic E-state index is 12.3. The summed E-state index contributed by atoms with van der Waals surface area (Å²) in [7, 11) is 0. The molecule has 0 unspecified atom stereocenters. The van der Waals surface area contributed by atoms with Gasteiger partial charge in [-0.2, -0.15) is 0 Å². The Kier molecular flexibility index (Phi) is 7.63. The number of likely N-dealkylation sites (tertiary alicyclic amines) is 1. The molecule has 156 valence electrons. The number of para-hydroxylation sites is 2. The lowest BCUT2D eigenvalue weighted by molar-refractivity contribution is -0.384. The predicted octanol–water partition coefficient (Wildman–Crippen LogP) is 3.72. The van der Waals surface area contributed by atoms with Crippen LogP contribution in [-0.4, -0.2) is 41.9 Å². The van der Waals surface area contributed by atoms with Crippen molar-refractivity contribution in [1.82, 2.24) is 10.2 Å². The van der Waals surface area contributed by atoms with Gasteiger partial charge in [0.15, 0.2) is 0 Å². The first-order chi connectivity index (χ1) is 14.1.